The van der Waals surface area contributed by atoms with Gasteiger partial charge >= 0.3 is 0 Å². The van der Waals surface area contributed by atoms with Crippen molar-refractivity contribution in [3.05, 3.63) is 0 Å². The summed E-state index contributed by atoms with van der Waals surface area (Å²) in [6, 6.07) is 0. The van der Waals surface area contributed by atoms with Crippen LogP contribution in [0.4, 0.5) is 0 Å². The minimum Gasteiger partial charge on any atom is -0.383 e. The smallest absolute Gasteiger partial charge is 0.193 e. The molecule has 2 heterocycles. The maximum Gasteiger partial charge on any atom is 0.193 e. The molecule has 132 valence electrons. The van der Waals surface area contributed by atoms with Crippen LogP contribution in [0.25, 0.3) is 0 Å². The first-order valence-electron chi connectivity index (χ1n) is 9.42. The number of ether oxygens (including phenoxy) is 1. The summed E-state index contributed by atoms with van der Waals surface area (Å²) in [6.07, 6.45) is 8.24. The molecule has 0 aromatic rings. The number of rotatable bonds is 5. The van der Waals surface area contributed by atoms with Gasteiger partial charge in [0.1, 0.15) is 0 Å². The highest BCUT2D eigenvalue weighted by atomic mass is 16.5. The predicted molar refractivity (Wildman–Crippen MR) is 94.9 cm³/mol. The van der Waals surface area contributed by atoms with Gasteiger partial charge in [-0.25, -0.2) is 0 Å². The van der Waals surface area contributed by atoms with Crippen molar-refractivity contribution < 1.29 is 4.74 Å². The average molecular weight is 322 g/mol. The Morgan fingerprint density at radius 1 is 1.22 bits per heavy atom. The van der Waals surface area contributed by atoms with Gasteiger partial charge in [-0.3, -0.25) is 4.99 Å². The quantitative estimate of drug-likeness (QED) is 0.619. The Labute approximate surface area is 141 Å². The van der Waals surface area contributed by atoms with Gasteiger partial charge < -0.3 is 19.9 Å². The number of nitrogens with one attached hydrogen (secondary N) is 1. The lowest BCUT2D eigenvalue weighted by Crippen LogP contribution is -2.45. The van der Waals surface area contributed by atoms with Gasteiger partial charge in [0.05, 0.1) is 6.61 Å². The second kappa shape index (κ2) is 7.84. The van der Waals surface area contributed by atoms with Crippen molar-refractivity contribution in [3.63, 3.8) is 0 Å². The lowest BCUT2D eigenvalue weighted by Gasteiger charge is -2.38. The number of hydrogen-bond donors (Lipinski definition) is 1. The van der Waals surface area contributed by atoms with Gasteiger partial charge in [0.25, 0.3) is 0 Å². The van der Waals surface area contributed by atoms with E-state index in [9.17, 15) is 0 Å². The summed E-state index contributed by atoms with van der Waals surface area (Å²) in [5.74, 6) is 1.92. The van der Waals surface area contributed by atoms with Gasteiger partial charge in [-0.15, -0.1) is 0 Å². The fourth-order valence-corrected chi connectivity index (χ4v) is 4.40. The highest BCUT2D eigenvalue weighted by Gasteiger charge is 2.43. The molecule has 3 aliphatic rings. The van der Waals surface area contributed by atoms with Gasteiger partial charge in [-0.05, 0) is 56.5 Å². The highest BCUT2D eigenvalue weighted by Crippen LogP contribution is 2.47. The molecule has 0 bridgehead atoms. The monoisotopic (exact) mass is 322 g/mol. The minimum atomic E-state index is 0.643. The Balaban J connectivity index is 1.38. The van der Waals surface area contributed by atoms with Crippen molar-refractivity contribution in [2.45, 2.75) is 38.5 Å². The molecule has 1 spiro atoms. The van der Waals surface area contributed by atoms with E-state index in [1.54, 1.807) is 7.11 Å². The number of piperidine rings is 1. The molecule has 1 aliphatic carbocycles. The predicted octanol–water partition coefficient (Wildman–Crippen LogP) is 1.80. The van der Waals surface area contributed by atoms with Gasteiger partial charge in [0.2, 0.25) is 0 Å². The molecule has 5 nitrogen and oxygen atoms in total. The van der Waals surface area contributed by atoms with E-state index in [0.717, 1.165) is 31.6 Å². The molecule has 3 fully saturated rings. The third kappa shape index (κ3) is 4.18. The van der Waals surface area contributed by atoms with Crippen LogP contribution < -0.4 is 5.32 Å². The van der Waals surface area contributed by atoms with E-state index in [4.69, 9.17) is 4.74 Å². The number of aliphatic imine (C=N–C) groups is 1. The van der Waals surface area contributed by atoms with Crippen molar-refractivity contribution >= 4 is 5.96 Å². The Morgan fingerprint density at radius 2 is 2.00 bits per heavy atom. The summed E-state index contributed by atoms with van der Waals surface area (Å²) in [5.41, 5.74) is 0.643. The van der Waals surface area contributed by atoms with E-state index < -0.39 is 0 Å². The van der Waals surface area contributed by atoms with Crippen LogP contribution in [0, 0.1) is 11.3 Å². The SMILES string of the molecule is CN=C(NCC1CCN(CCOC)CC1)N1CCC2(CCC2)C1. The summed E-state index contributed by atoms with van der Waals surface area (Å²) >= 11 is 0. The average Bonchev–Trinajstić information content (AvgIpc) is 3.00. The number of guanidine groups is 1. The molecule has 1 saturated carbocycles. The van der Waals surface area contributed by atoms with Crippen LogP contribution in [0.1, 0.15) is 38.5 Å². The van der Waals surface area contributed by atoms with Crippen LogP contribution >= 0.6 is 0 Å². The van der Waals surface area contributed by atoms with E-state index in [-0.39, 0.29) is 0 Å². The van der Waals surface area contributed by atoms with Gasteiger partial charge in [-0.2, -0.15) is 0 Å². The molecular formula is C18H34N4O. The zero-order chi connectivity index (χ0) is 16.1. The Bertz CT molecular complexity index is 400. The Hall–Kier alpha value is -0.810. The maximum atomic E-state index is 5.18. The van der Waals surface area contributed by atoms with E-state index >= 15 is 0 Å². The van der Waals surface area contributed by atoms with Crippen LogP contribution in [-0.2, 0) is 4.74 Å². The maximum absolute atomic E-state index is 5.18. The molecule has 2 aliphatic heterocycles. The van der Waals surface area contributed by atoms with Crippen molar-refractivity contribution in [3.8, 4) is 0 Å². The fraction of sp³-hybridized carbons (Fsp3) is 0.944. The fourth-order valence-electron chi connectivity index (χ4n) is 4.40. The van der Waals surface area contributed by atoms with Gasteiger partial charge in [0.15, 0.2) is 5.96 Å². The molecule has 0 unspecified atom stereocenters. The van der Waals surface area contributed by atoms with Gasteiger partial charge in [0, 0.05) is 40.3 Å². The summed E-state index contributed by atoms with van der Waals surface area (Å²) in [4.78, 5) is 9.55. The Morgan fingerprint density at radius 3 is 2.57 bits per heavy atom. The first kappa shape index (κ1) is 17.0. The van der Waals surface area contributed by atoms with Crippen LogP contribution in [0.5, 0.6) is 0 Å². The molecule has 5 heteroatoms. The highest BCUT2D eigenvalue weighted by molar-refractivity contribution is 5.80. The minimum absolute atomic E-state index is 0.643. The topological polar surface area (TPSA) is 40.1 Å². The number of hydrogen-bond acceptors (Lipinski definition) is 3. The lowest BCUT2D eigenvalue weighted by atomic mass is 9.68. The molecule has 3 rings (SSSR count). The number of nitrogens with zero attached hydrogens (tertiary/aromatic N) is 3. The van der Waals surface area contributed by atoms with E-state index in [2.05, 4.69) is 20.1 Å². The molecule has 23 heavy (non-hydrogen) atoms. The zero-order valence-electron chi connectivity index (χ0n) is 15.0. The number of methoxy groups -OCH3 is 1. The van der Waals surface area contributed by atoms with Gasteiger partial charge in [-0.1, -0.05) is 6.42 Å². The molecule has 1 N–H and O–H groups in total. The van der Waals surface area contributed by atoms with E-state index in [1.807, 2.05) is 7.05 Å². The van der Waals surface area contributed by atoms with Crippen LogP contribution in [-0.4, -0.2) is 75.8 Å². The van der Waals surface area contributed by atoms with E-state index in [0.29, 0.717) is 5.41 Å². The van der Waals surface area contributed by atoms with Crippen molar-refractivity contribution in [2.24, 2.45) is 16.3 Å². The molecule has 2 saturated heterocycles. The molecule has 0 radical (unpaired) electrons. The lowest BCUT2D eigenvalue weighted by molar-refractivity contribution is 0.120. The first-order valence-corrected chi connectivity index (χ1v) is 9.42. The standard InChI is InChI=1S/C18H34N4O/c1-19-17(22-11-8-18(15-22)6-3-7-18)20-14-16-4-9-21(10-5-16)12-13-23-2/h16H,3-15H2,1-2H3,(H,19,20). The second-order valence-corrected chi connectivity index (χ2v) is 7.73. The molecule has 0 aromatic carbocycles. The third-order valence-electron chi connectivity index (χ3n) is 6.23. The summed E-state index contributed by atoms with van der Waals surface area (Å²) < 4.78 is 5.18. The normalized spacial score (nSPS) is 25.8. The second-order valence-electron chi connectivity index (χ2n) is 7.73. The molecule has 0 amide bonds. The van der Waals surface area contributed by atoms with Crippen molar-refractivity contribution in [2.75, 3.05) is 60.0 Å². The third-order valence-corrected chi connectivity index (χ3v) is 6.23. The number of likely N-dealkylation sites (tertiary alicyclic amines) is 2. The van der Waals surface area contributed by atoms with Crippen LogP contribution in [0.15, 0.2) is 4.99 Å². The molecule has 0 aromatic heterocycles. The summed E-state index contributed by atoms with van der Waals surface area (Å²) in [5, 5.41) is 3.66. The van der Waals surface area contributed by atoms with E-state index in [1.165, 1.54) is 64.7 Å². The van der Waals surface area contributed by atoms with Crippen LogP contribution in [0.2, 0.25) is 0 Å². The van der Waals surface area contributed by atoms with Crippen molar-refractivity contribution in [1.82, 2.24) is 15.1 Å². The van der Waals surface area contributed by atoms with Crippen LogP contribution in [0.3, 0.4) is 0 Å². The zero-order valence-corrected chi connectivity index (χ0v) is 15.0. The summed E-state index contributed by atoms with van der Waals surface area (Å²) in [7, 11) is 3.72. The largest absolute Gasteiger partial charge is 0.383 e. The Kier molecular flexibility index (Phi) is 5.81. The first-order chi connectivity index (χ1) is 11.2. The molecular weight excluding hydrogens is 288 g/mol. The van der Waals surface area contributed by atoms with Crippen molar-refractivity contribution in [1.29, 1.82) is 0 Å². The summed E-state index contributed by atoms with van der Waals surface area (Å²) in [6.45, 7) is 7.84. The molecule has 0 atom stereocenters.